The number of ketones is 1. The summed E-state index contributed by atoms with van der Waals surface area (Å²) in [5.74, 6) is -0.364. The molecule has 2 aromatic heterocycles. The van der Waals surface area contributed by atoms with E-state index >= 15 is 0 Å². The maximum atomic E-state index is 13.2. The molecule has 0 amide bonds. The van der Waals surface area contributed by atoms with Crippen molar-refractivity contribution < 1.29 is 9.18 Å². The molecule has 1 aromatic carbocycles. The number of imidazole rings is 1. The van der Waals surface area contributed by atoms with Crippen molar-refractivity contribution in [3.8, 4) is 11.3 Å². The van der Waals surface area contributed by atoms with Gasteiger partial charge in [-0.15, -0.1) is 0 Å². The van der Waals surface area contributed by atoms with Crippen LogP contribution in [0.5, 0.6) is 0 Å². The molecule has 0 atom stereocenters. The smallest absolute Gasteiger partial charge is 0.187 e. The summed E-state index contributed by atoms with van der Waals surface area (Å²) in [6, 6.07) is 10.2. The molecule has 0 aliphatic heterocycles. The average Bonchev–Trinajstić information content (AvgIpc) is 2.95. The summed E-state index contributed by atoms with van der Waals surface area (Å²) >= 11 is 0. The van der Waals surface area contributed by atoms with Gasteiger partial charge in [-0.1, -0.05) is 24.3 Å². The van der Waals surface area contributed by atoms with Crippen LogP contribution < -0.4 is 0 Å². The second-order valence-electron chi connectivity index (χ2n) is 5.46. The SMILES string of the molecule is CN(C)C=CC(=O)c1ccc(-c2cn3cc(F)ccc3n2)cc1. The van der Waals surface area contributed by atoms with Gasteiger partial charge >= 0.3 is 0 Å². The van der Waals surface area contributed by atoms with Crippen LogP contribution in [0, 0.1) is 5.82 Å². The van der Waals surface area contributed by atoms with Crippen LogP contribution in [0.25, 0.3) is 16.9 Å². The standard InChI is InChI=1S/C18H16FN3O/c1-21(2)10-9-17(23)14-5-3-13(4-6-14)16-12-22-11-15(19)7-8-18(22)20-16/h3-12H,1-2H3. The molecule has 0 fully saturated rings. The highest BCUT2D eigenvalue weighted by Gasteiger charge is 2.07. The zero-order valence-electron chi connectivity index (χ0n) is 12.9. The molecule has 0 unspecified atom stereocenters. The molecule has 3 aromatic rings. The van der Waals surface area contributed by atoms with Gasteiger partial charge in [0.15, 0.2) is 5.78 Å². The summed E-state index contributed by atoms with van der Waals surface area (Å²) in [6.07, 6.45) is 6.40. The fraction of sp³-hybridized carbons (Fsp3) is 0.111. The maximum absolute atomic E-state index is 13.2. The zero-order valence-corrected chi connectivity index (χ0v) is 12.9. The maximum Gasteiger partial charge on any atom is 0.187 e. The molecule has 23 heavy (non-hydrogen) atoms. The van der Waals surface area contributed by atoms with Crippen LogP contribution in [0.15, 0.2) is 61.1 Å². The van der Waals surface area contributed by atoms with E-state index in [2.05, 4.69) is 4.98 Å². The minimum Gasteiger partial charge on any atom is -0.383 e. The second-order valence-corrected chi connectivity index (χ2v) is 5.46. The number of hydrogen-bond donors (Lipinski definition) is 0. The third-order valence-corrected chi connectivity index (χ3v) is 3.40. The van der Waals surface area contributed by atoms with Crippen LogP contribution in [0.3, 0.4) is 0 Å². The summed E-state index contributed by atoms with van der Waals surface area (Å²) in [5, 5.41) is 0. The molecule has 0 N–H and O–H groups in total. The van der Waals surface area contributed by atoms with Crippen molar-refractivity contribution in [1.82, 2.24) is 14.3 Å². The number of pyridine rings is 1. The van der Waals surface area contributed by atoms with Crippen LogP contribution in [-0.2, 0) is 0 Å². The van der Waals surface area contributed by atoms with Crippen molar-refractivity contribution in [2.24, 2.45) is 0 Å². The van der Waals surface area contributed by atoms with Gasteiger partial charge in [-0.25, -0.2) is 9.37 Å². The van der Waals surface area contributed by atoms with Crippen molar-refractivity contribution in [3.05, 3.63) is 72.4 Å². The van der Waals surface area contributed by atoms with Gasteiger partial charge in [-0.05, 0) is 12.1 Å². The van der Waals surface area contributed by atoms with E-state index in [4.69, 9.17) is 0 Å². The molecular weight excluding hydrogens is 293 g/mol. The molecular formula is C18H16FN3O. The third kappa shape index (κ3) is 3.29. The number of carbonyl (C=O) groups excluding carboxylic acids is 1. The van der Waals surface area contributed by atoms with Gasteiger partial charge in [0.2, 0.25) is 0 Å². The van der Waals surface area contributed by atoms with Crippen LogP contribution >= 0.6 is 0 Å². The number of benzene rings is 1. The van der Waals surface area contributed by atoms with Gasteiger partial charge in [0.1, 0.15) is 11.5 Å². The summed E-state index contributed by atoms with van der Waals surface area (Å²) in [4.78, 5) is 18.3. The quantitative estimate of drug-likeness (QED) is 0.547. The predicted molar refractivity (Wildman–Crippen MR) is 87.7 cm³/mol. The minimum atomic E-state index is -0.310. The van der Waals surface area contributed by atoms with Crippen molar-refractivity contribution in [1.29, 1.82) is 0 Å². The summed E-state index contributed by atoms with van der Waals surface area (Å²) < 4.78 is 14.9. The number of halogens is 1. The van der Waals surface area contributed by atoms with Crippen LogP contribution in [0.4, 0.5) is 4.39 Å². The van der Waals surface area contributed by atoms with Gasteiger partial charge in [-0.3, -0.25) is 4.79 Å². The number of nitrogens with zero attached hydrogens (tertiary/aromatic N) is 3. The lowest BCUT2D eigenvalue weighted by Gasteiger charge is -2.03. The molecule has 3 rings (SSSR count). The molecule has 0 aliphatic carbocycles. The lowest BCUT2D eigenvalue weighted by atomic mass is 10.1. The van der Waals surface area contributed by atoms with E-state index < -0.39 is 0 Å². The molecule has 2 heterocycles. The Kier molecular flexibility index (Phi) is 3.93. The highest BCUT2D eigenvalue weighted by molar-refractivity contribution is 6.04. The number of aromatic nitrogens is 2. The van der Waals surface area contributed by atoms with E-state index in [1.807, 2.05) is 31.1 Å². The first-order valence-corrected chi connectivity index (χ1v) is 7.16. The molecule has 116 valence electrons. The highest BCUT2D eigenvalue weighted by atomic mass is 19.1. The topological polar surface area (TPSA) is 37.6 Å². The number of rotatable bonds is 4. The Bertz CT molecular complexity index is 879. The van der Waals surface area contributed by atoms with Crippen LogP contribution in [-0.4, -0.2) is 34.2 Å². The third-order valence-electron chi connectivity index (χ3n) is 3.40. The largest absolute Gasteiger partial charge is 0.383 e. The van der Waals surface area contributed by atoms with Gasteiger partial charge in [0.25, 0.3) is 0 Å². The van der Waals surface area contributed by atoms with Crippen LogP contribution in [0.1, 0.15) is 10.4 Å². The number of allylic oxidation sites excluding steroid dienone is 1. The molecule has 0 radical (unpaired) electrons. The fourth-order valence-electron chi connectivity index (χ4n) is 2.22. The highest BCUT2D eigenvalue weighted by Crippen LogP contribution is 2.20. The van der Waals surface area contributed by atoms with Crippen molar-refractivity contribution in [2.45, 2.75) is 0 Å². The van der Waals surface area contributed by atoms with Crippen molar-refractivity contribution in [3.63, 3.8) is 0 Å². The Hall–Kier alpha value is -2.95. The Morgan fingerprint density at radius 2 is 1.87 bits per heavy atom. The molecule has 0 saturated carbocycles. The monoisotopic (exact) mass is 309 g/mol. The predicted octanol–water partition coefficient (Wildman–Crippen LogP) is 3.40. The first-order valence-electron chi connectivity index (χ1n) is 7.16. The van der Waals surface area contributed by atoms with E-state index in [1.54, 1.807) is 35.0 Å². The minimum absolute atomic E-state index is 0.0534. The first-order chi connectivity index (χ1) is 11.0. The lowest BCUT2D eigenvalue weighted by molar-refractivity contribution is 0.104. The van der Waals surface area contributed by atoms with Crippen molar-refractivity contribution >= 4 is 11.4 Å². The van der Waals surface area contributed by atoms with E-state index in [0.717, 1.165) is 11.3 Å². The lowest BCUT2D eigenvalue weighted by Crippen LogP contribution is -2.03. The summed E-state index contributed by atoms with van der Waals surface area (Å²) in [7, 11) is 3.72. The Balaban J connectivity index is 1.87. The Morgan fingerprint density at radius 1 is 1.13 bits per heavy atom. The molecule has 0 aliphatic rings. The zero-order chi connectivity index (χ0) is 16.4. The van der Waals surface area contributed by atoms with E-state index in [9.17, 15) is 9.18 Å². The van der Waals surface area contributed by atoms with Gasteiger partial charge in [-0.2, -0.15) is 0 Å². The number of hydrogen-bond acceptors (Lipinski definition) is 3. The first kappa shape index (κ1) is 15.0. The van der Waals surface area contributed by atoms with E-state index in [1.165, 1.54) is 18.3 Å². The van der Waals surface area contributed by atoms with Gasteiger partial charge < -0.3 is 9.30 Å². The van der Waals surface area contributed by atoms with E-state index in [0.29, 0.717) is 11.2 Å². The molecule has 0 bridgehead atoms. The fourth-order valence-corrected chi connectivity index (χ4v) is 2.22. The molecule has 4 nitrogen and oxygen atoms in total. The van der Waals surface area contributed by atoms with Gasteiger partial charge in [0.05, 0.1) is 5.69 Å². The Labute approximate surface area is 133 Å². The van der Waals surface area contributed by atoms with E-state index in [-0.39, 0.29) is 11.6 Å². The number of fused-ring (bicyclic) bond motifs is 1. The van der Waals surface area contributed by atoms with Crippen molar-refractivity contribution in [2.75, 3.05) is 14.1 Å². The molecule has 5 heteroatoms. The average molecular weight is 309 g/mol. The summed E-state index contributed by atoms with van der Waals surface area (Å²) in [6.45, 7) is 0. The Morgan fingerprint density at radius 3 is 2.57 bits per heavy atom. The molecule has 0 spiro atoms. The second kappa shape index (κ2) is 6.04. The van der Waals surface area contributed by atoms with Crippen LogP contribution in [0.2, 0.25) is 0 Å². The summed E-state index contributed by atoms with van der Waals surface area (Å²) in [5.41, 5.74) is 2.90. The normalized spacial score (nSPS) is 11.3. The molecule has 0 saturated heterocycles. The number of carbonyl (C=O) groups is 1. The van der Waals surface area contributed by atoms with Gasteiger partial charge in [0, 0.05) is 49.9 Å².